The number of non-ortho nitro benzene ring substituents is 1. The molecule has 0 aliphatic carbocycles. The van der Waals surface area contributed by atoms with E-state index in [2.05, 4.69) is 0 Å². The van der Waals surface area contributed by atoms with Crippen molar-refractivity contribution in [1.82, 2.24) is 4.90 Å². The number of rotatable bonds is 5. The Bertz CT molecular complexity index is 1070. The molecule has 0 aromatic heterocycles. The molecule has 8 heteroatoms. The Balaban J connectivity index is 1.85. The zero-order chi connectivity index (χ0) is 22.1. The van der Waals surface area contributed by atoms with Crippen LogP contribution < -0.4 is 0 Å². The molecule has 2 aromatic rings. The summed E-state index contributed by atoms with van der Waals surface area (Å²) in [6.07, 6.45) is 1.39. The summed E-state index contributed by atoms with van der Waals surface area (Å²) in [5.41, 5.74) is 1.53. The van der Waals surface area contributed by atoms with E-state index in [1.165, 1.54) is 23.1 Å². The lowest BCUT2D eigenvalue weighted by molar-refractivity contribution is -0.384. The monoisotopic (exact) mass is 422 g/mol. The number of aryl methyl sites for hydroxylation is 1. The first-order chi connectivity index (χ1) is 14.9. The van der Waals surface area contributed by atoms with E-state index in [1.807, 2.05) is 6.92 Å². The summed E-state index contributed by atoms with van der Waals surface area (Å²) >= 11 is 0. The quantitative estimate of drug-likeness (QED) is 0.260. The van der Waals surface area contributed by atoms with E-state index in [-0.39, 0.29) is 29.7 Å². The van der Waals surface area contributed by atoms with Crippen LogP contribution >= 0.6 is 0 Å². The van der Waals surface area contributed by atoms with E-state index >= 15 is 0 Å². The van der Waals surface area contributed by atoms with Gasteiger partial charge in [0.25, 0.3) is 17.4 Å². The first kappa shape index (κ1) is 20.7. The number of hydrogen-bond donors (Lipinski definition) is 1. The lowest BCUT2D eigenvalue weighted by Crippen LogP contribution is -2.36. The van der Waals surface area contributed by atoms with E-state index in [0.717, 1.165) is 18.4 Å². The van der Waals surface area contributed by atoms with Crippen molar-refractivity contribution >= 4 is 23.1 Å². The molecule has 1 N–H and O–H groups in total. The number of likely N-dealkylation sites (tertiary alicyclic amines) is 1. The van der Waals surface area contributed by atoms with E-state index in [9.17, 15) is 24.8 Å². The predicted octanol–water partition coefficient (Wildman–Crippen LogP) is 3.50. The Morgan fingerprint density at radius 3 is 2.61 bits per heavy atom. The van der Waals surface area contributed by atoms with Gasteiger partial charge < -0.3 is 14.7 Å². The maximum Gasteiger partial charge on any atom is 0.295 e. The number of carbonyl (C=O) groups is 2. The van der Waals surface area contributed by atoms with Crippen LogP contribution in [0.4, 0.5) is 5.69 Å². The molecule has 0 radical (unpaired) electrons. The number of nitro groups is 1. The minimum atomic E-state index is -0.939. The van der Waals surface area contributed by atoms with Gasteiger partial charge in [0.05, 0.1) is 22.6 Å². The predicted molar refractivity (Wildman–Crippen MR) is 112 cm³/mol. The summed E-state index contributed by atoms with van der Waals surface area (Å²) in [6.45, 7) is 2.65. The normalized spacial score (nSPS) is 22.8. The number of carbonyl (C=O) groups excluding carboxylic acids is 2. The second-order valence-electron chi connectivity index (χ2n) is 7.80. The Morgan fingerprint density at radius 1 is 1.23 bits per heavy atom. The third kappa shape index (κ3) is 3.94. The number of benzene rings is 2. The standard InChI is InChI=1S/C23H22N2O6/c1-14-7-9-15(10-8-14)21(26)19-20(16-4-2-5-17(12-16)25(29)30)24(23(28)22(19)27)13-18-6-3-11-31-18/h2,4-5,7-10,12,18,20,26H,3,6,11,13H2,1H3/t18-,20-/m1/s1. The van der Waals surface area contributed by atoms with Crippen molar-refractivity contribution in [2.24, 2.45) is 0 Å². The maximum absolute atomic E-state index is 13.0. The number of nitro benzene ring substituents is 1. The lowest BCUT2D eigenvalue weighted by atomic mass is 9.94. The fourth-order valence-corrected chi connectivity index (χ4v) is 4.10. The van der Waals surface area contributed by atoms with Crippen molar-refractivity contribution in [3.05, 3.63) is 80.9 Å². The highest BCUT2D eigenvalue weighted by molar-refractivity contribution is 6.46. The fraction of sp³-hybridized carbons (Fsp3) is 0.304. The number of ether oxygens (including phenoxy) is 1. The van der Waals surface area contributed by atoms with Gasteiger partial charge in [-0.2, -0.15) is 0 Å². The number of Topliss-reactive ketones (excluding diaryl/α,β-unsaturated/α-hetero) is 1. The minimum Gasteiger partial charge on any atom is -0.507 e. The number of nitrogens with zero attached hydrogens (tertiary/aromatic N) is 2. The highest BCUT2D eigenvalue weighted by Gasteiger charge is 2.47. The molecule has 0 saturated carbocycles. The Kier molecular flexibility index (Phi) is 5.56. The zero-order valence-electron chi connectivity index (χ0n) is 17.0. The smallest absolute Gasteiger partial charge is 0.295 e. The molecule has 2 atom stereocenters. The van der Waals surface area contributed by atoms with Crippen LogP contribution in [-0.4, -0.2) is 45.9 Å². The zero-order valence-corrected chi connectivity index (χ0v) is 17.0. The molecule has 2 fully saturated rings. The molecule has 2 heterocycles. The SMILES string of the molecule is Cc1ccc(C(O)=C2C(=O)C(=O)N(C[C@H]3CCCO3)[C@@H]2c2cccc([N+](=O)[O-])c2)cc1. The summed E-state index contributed by atoms with van der Waals surface area (Å²) in [7, 11) is 0. The first-order valence-corrected chi connectivity index (χ1v) is 10.1. The molecule has 2 aromatic carbocycles. The van der Waals surface area contributed by atoms with Crippen LogP contribution in [0.2, 0.25) is 0 Å². The van der Waals surface area contributed by atoms with Crippen LogP contribution in [0, 0.1) is 17.0 Å². The van der Waals surface area contributed by atoms with E-state index in [1.54, 1.807) is 30.3 Å². The molecule has 31 heavy (non-hydrogen) atoms. The second kappa shape index (κ2) is 8.31. The highest BCUT2D eigenvalue weighted by Crippen LogP contribution is 2.40. The second-order valence-corrected chi connectivity index (χ2v) is 7.80. The van der Waals surface area contributed by atoms with Crippen molar-refractivity contribution < 1.29 is 24.4 Å². The van der Waals surface area contributed by atoms with Crippen molar-refractivity contribution in [2.45, 2.75) is 31.9 Å². The van der Waals surface area contributed by atoms with Gasteiger partial charge in [0.15, 0.2) is 0 Å². The molecule has 0 unspecified atom stereocenters. The molecule has 2 aliphatic rings. The van der Waals surface area contributed by atoms with Gasteiger partial charge in [-0.1, -0.05) is 42.0 Å². The number of aliphatic hydroxyl groups is 1. The van der Waals surface area contributed by atoms with Gasteiger partial charge >= 0.3 is 0 Å². The average molecular weight is 422 g/mol. The van der Waals surface area contributed by atoms with Crippen LogP contribution in [0.3, 0.4) is 0 Å². The molecule has 2 saturated heterocycles. The lowest BCUT2D eigenvalue weighted by Gasteiger charge is -2.27. The Labute approximate surface area is 178 Å². The van der Waals surface area contributed by atoms with Crippen molar-refractivity contribution in [3.63, 3.8) is 0 Å². The van der Waals surface area contributed by atoms with Crippen molar-refractivity contribution in [2.75, 3.05) is 13.2 Å². The maximum atomic E-state index is 13.0. The number of ketones is 1. The molecule has 160 valence electrons. The summed E-state index contributed by atoms with van der Waals surface area (Å²) in [6, 6.07) is 11.8. The molecule has 0 bridgehead atoms. The largest absolute Gasteiger partial charge is 0.507 e. The van der Waals surface area contributed by atoms with Crippen molar-refractivity contribution in [1.29, 1.82) is 0 Å². The van der Waals surface area contributed by atoms with E-state index in [0.29, 0.717) is 17.7 Å². The first-order valence-electron chi connectivity index (χ1n) is 10.1. The molecule has 1 amide bonds. The van der Waals surface area contributed by atoms with Gasteiger partial charge in [-0.3, -0.25) is 19.7 Å². The summed E-state index contributed by atoms with van der Waals surface area (Å²) in [5.74, 6) is -1.86. The molecular weight excluding hydrogens is 400 g/mol. The molecular formula is C23H22N2O6. The Hall–Kier alpha value is -3.52. The van der Waals surface area contributed by atoms with Crippen molar-refractivity contribution in [3.8, 4) is 0 Å². The van der Waals surface area contributed by atoms with E-state index < -0.39 is 22.7 Å². The summed E-state index contributed by atoms with van der Waals surface area (Å²) < 4.78 is 5.65. The van der Waals surface area contributed by atoms with Gasteiger partial charge in [0.2, 0.25) is 0 Å². The molecule has 8 nitrogen and oxygen atoms in total. The van der Waals surface area contributed by atoms with Gasteiger partial charge in [0, 0.05) is 30.8 Å². The third-order valence-electron chi connectivity index (χ3n) is 5.69. The highest BCUT2D eigenvalue weighted by atomic mass is 16.6. The number of aliphatic hydroxyl groups excluding tert-OH is 1. The number of hydrogen-bond acceptors (Lipinski definition) is 6. The molecule has 0 spiro atoms. The van der Waals surface area contributed by atoms with Gasteiger partial charge in [0.1, 0.15) is 5.76 Å². The third-order valence-corrected chi connectivity index (χ3v) is 5.69. The molecule has 4 rings (SSSR count). The van der Waals surface area contributed by atoms with Crippen LogP contribution in [0.15, 0.2) is 54.1 Å². The van der Waals surface area contributed by atoms with Crippen LogP contribution in [0.5, 0.6) is 0 Å². The molecule has 2 aliphatic heterocycles. The average Bonchev–Trinajstić information content (AvgIpc) is 3.36. The topological polar surface area (TPSA) is 110 Å². The van der Waals surface area contributed by atoms with Gasteiger partial charge in [-0.25, -0.2) is 0 Å². The van der Waals surface area contributed by atoms with Crippen LogP contribution in [0.1, 0.15) is 35.6 Å². The minimum absolute atomic E-state index is 0.0765. The fourth-order valence-electron chi connectivity index (χ4n) is 4.10. The van der Waals surface area contributed by atoms with Crippen LogP contribution in [0.25, 0.3) is 5.76 Å². The van der Waals surface area contributed by atoms with Gasteiger partial charge in [-0.15, -0.1) is 0 Å². The summed E-state index contributed by atoms with van der Waals surface area (Å²) in [5, 5.41) is 22.3. The van der Waals surface area contributed by atoms with E-state index in [4.69, 9.17) is 4.74 Å². The van der Waals surface area contributed by atoms with Crippen LogP contribution in [-0.2, 0) is 14.3 Å². The van der Waals surface area contributed by atoms with Gasteiger partial charge in [-0.05, 0) is 25.3 Å². The summed E-state index contributed by atoms with van der Waals surface area (Å²) in [4.78, 5) is 38.1. The number of amides is 1. The Morgan fingerprint density at radius 2 is 1.97 bits per heavy atom.